The Bertz CT molecular complexity index is 959. The van der Waals surface area contributed by atoms with Crippen molar-refractivity contribution in [2.45, 2.75) is 57.0 Å². The molecule has 3 rings (SSSR count). The van der Waals surface area contributed by atoms with E-state index in [0.29, 0.717) is 18.4 Å². The van der Waals surface area contributed by atoms with Gasteiger partial charge in [-0.2, -0.15) is 13.2 Å². The number of carbonyl (C=O) groups is 2. The Morgan fingerprint density at radius 1 is 1.09 bits per heavy atom. The lowest BCUT2D eigenvalue weighted by Crippen LogP contribution is -2.53. The molecule has 1 N–H and O–H groups in total. The van der Waals surface area contributed by atoms with Gasteiger partial charge in [-0.25, -0.2) is 4.79 Å². The number of carbonyl (C=O) groups excluding carboxylic acids is 2. The fourth-order valence-corrected chi connectivity index (χ4v) is 3.98. The van der Waals surface area contributed by atoms with Crippen molar-refractivity contribution in [3.63, 3.8) is 0 Å². The number of ether oxygens (including phenoxy) is 3. The molecule has 1 fully saturated rings. The van der Waals surface area contributed by atoms with Gasteiger partial charge in [0.25, 0.3) is 0 Å². The Labute approximate surface area is 202 Å². The molecule has 2 aromatic rings. The lowest BCUT2D eigenvalue weighted by atomic mass is 10.0. The summed E-state index contributed by atoms with van der Waals surface area (Å²) in [5.74, 6) is -1.93. The Balaban J connectivity index is 1.61. The zero-order chi connectivity index (χ0) is 25.4. The molecule has 10 heteroatoms. The topological polar surface area (TPSA) is 77.1 Å². The van der Waals surface area contributed by atoms with Gasteiger partial charge in [0.15, 0.2) is 6.29 Å². The van der Waals surface area contributed by atoms with Crippen molar-refractivity contribution in [3.8, 4) is 0 Å². The molecule has 2 amide bonds. The van der Waals surface area contributed by atoms with E-state index in [-0.39, 0.29) is 13.2 Å². The van der Waals surface area contributed by atoms with Crippen LogP contribution in [0.4, 0.5) is 18.0 Å². The molecule has 4 atom stereocenters. The van der Waals surface area contributed by atoms with Crippen LogP contribution in [0.15, 0.2) is 60.7 Å². The molecule has 190 valence electrons. The van der Waals surface area contributed by atoms with Gasteiger partial charge in [0.2, 0.25) is 0 Å². The van der Waals surface area contributed by atoms with E-state index in [0.717, 1.165) is 10.5 Å². The molecule has 1 heterocycles. The summed E-state index contributed by atoms with van der Waals surface area (Å²) in [5, 5.41) is 2.69. The van der Waals surface area contributed by atoms with E-state index in [1.807, 2.05) is 30.3 Å². The van der Waals surface area contributed by atoms with E-state index >= 15 is 0 Å². The molecule has 1 aliphatic heterocycles. The highest BCUT2D eigenvalue weighted by Crippen LogP contribution is 2.30. The van der Waals surface area contributed by atoms with Gasteiger partial charge < -0.3 is 24.4 Å². The average Bonchev–Trinajstić information content (AvgIpc) is 2.86. The van der Waals surface area contributed by atoms with Crippen LogP contribution in [0.25, 0.3) is 0 Å². The van der Waals surface area contributed by atoms with Gasteiger partial charge in [-0.1, -0.05) is 60.7 Å². The second kappa shape index (κ2) is 12.0. The minimum absolute atomic E-state index is 0.0897. The zero-order valence-electron chi connectivity index (χ0n) is 19.5. The van der Waals surface area contributed by atoms with E-state index in [1.54, 1.807) is 37.3 Å². The van der Waals surface area contributed by atoms with Crippen molar-refractivity contribution in [1.82, 2.24) is 10.2 Å². The average molecular weight is 495 g/mol. The molecule has 0 spiro atoms. The molecule has 0 radical (unpaired) electrons. The van der Waals surface area contributed by atoms with Crippen molar-refractivity contribution in [1.29, 1.82) is 0 Å². The largest absolute Gasteiger partial charge is 0.471 e. The number of alkyl halides is 3. The van der Waals surface area contributed by atoms with E-state index in [9.17, 15) is 22.8 Å². The van der Waals surface area contributed by atoms with Crippen LogP contribution in [0.3, 0.4) is 0 Å². The van der Waals surface area contributed by atoms with Crippen LogP contribution in [0.2, 0.25) is 0 Å². The first-order valence-corrected chi connectivity index (χ1v) is 11.3. The molecule has 0 aromatic heterocycles. The molecule has 0 aliphatic carbocycles. The van der Waals surface area contributed by atoms with Gasteiger partial charge in [-0.3, -0.25) is 4.79 Å². The lowest BCUT2D eigenvalue weighted by Gasteiger charge is -2.39. The standard InChI is InChI=1S/C25H29F3N2O5/c1-17(19-11-7-4-8-12-19)30(23(31)25(26,27)28)15-20-13-14-21(22(33-2)35-20)29-24(32)34-16-18-9-5-3-6-10-18/h3-12,17,20-22H,13-16H2,1-2H3,(H,29,32)/t17-,20+,21-,22+/m0/s1. The highest BCUT2D eigenvalue weighted by atomic mass is 19.4. The molecule has 0 unspecified atom stereocenters. The smallest absolute Gasteiger partial charge is 0.445 e. The summed E-state index contributed by atoms with van der Waals surface area (Å²) < 4.78 is 56.5. The summed E-state index contributed by atoms with van der Waals surface area (Å²) in [7, 11) is 1.38. The number of amides is 2. The normalized spacial score (nSPS) is 21.1. The van der Waals surface area contributed by atoms with Crippen molar-refractivity contribution in [3.05, 3.63) is 71.8 Å². The van der Waals surface area contributed by atoms with Crippen LogP contribution in [-0.2, 0) is 25.6 Å². The summed E-state index contributed by atoms with van der Waals surface area (Å²) in [6, 6.07) is 16.3. The first kappa shape index (κ1) is 26.5. The second-order valence-corrected chi connectivity index (χ2v) is 8.29. The van der Waals surface area contributed by atoms with Gasteiger partial charge in [0.1, 0.15) is 6.61 Å². The number of alkyl carbamates (subject to hydrolysis) is 1. The SMILES string of the molecule is CO[C@@H]1O[C@@H](CN(C(=O)C(F)(F)F)[C@@H](C)c2ccccc2)CC[C@@H]1NC(=O)OCc1ccccc1. The maximum absolute atomic E-state index is 13.4. The number of nitrogens with one attached hydrogen (secondary N) is 1. The third kappa shape index (κ3) is 7.43. The van der Waals surface area contributed by atoms with E-state index in [1.165, 1.54) is 7.11 Å². The maximum atomic E-state index is 13.4. The molecule has 0 saturated carbocycles. The second-order valence-electron chi connectivity index (χ2n) is 8.29. The van der Waals surface area contributed by atoms with Crippen LogP contribution in [0.1, 0.15) is 36.9 Å². The number of halogens is 3. The molecule has 1 aliphatic rings. The minimum Gasteiger partial charge on any atom is -0.445 e. The number of methoxy groups -OCH3 is 1. The molecule has 7 nitrogen and oxygen atoms in total. The van der Waals surface area contributed by atoms with Crippen molar-refractivity contribution in [2.24, 2.45) is 0 Å². The molecule has 1 saturated heterocycles. The van der Waals surface area contributed by atoms with Crippen LogP contribution >= 0.6 is 0 Å². The quantitative estimate of drug-likeness (QED) is 0.581. The monoisotopic (exact) mass is 494 g/mol. The maximum Gasteiger partial charge on any atom is 0.471 e. The minimum atomic E-state index is -5.02. The predicted molar refractivity (Wildman–Crippen MR) is 121 cm³/mol. The van der Waals surface area contributed by atoms with Crippen LogP contribution < -0.4 is 5.32 Å². The van der Waals surface area contributed by atoms with Gasteiger partial charge >= 0.3 is 18.2 Å². The Morgan fingerprint density at radius 2 is 1.71 bits per heavy atom. The Hall–Kier alpha value is -3.11. The Kier molecular flexibility index (Phi) is 9.11. The number of nitrogens with zero attached hydrogens (tertiary/aromatic N) is 1. The fourth-order valence-electron chi connectivity index (χ4n) is 3.98. The number of benzene rings is 2. The summed E-state index contributed by atoms with van der Waals surface area (Å²) in [6.07, 6.45) is -6.62. The van der Waals surface area contributed by atoms with E-state index in [4.69, 9.17) is 14.2 Å². The van der Waals surface area contributed by atoms with Gasteiger partial charge in [0, 0.05) is 13.7 Å². The highest BCUT2D eigenvalue weighted by molar-refractivity contribution is 5.82. The molecule has 35 heavy (non-hydrogen) atoms. The molecular weight excluding hydrogens is 465 g/mol. The van der Waals surface area contributed by atoms with E-state index in [2.05, 4.69) is 5.32 Å². The highest BCUT2D eigenvalue weighted by Gasteiger charge is 2.45. The third-order valence-electron chi connectivity index (χ3n) is 5.86. The molecular formula is C25H29F3N2O5. The van der Waals surface area contributed by atoms with Gasteiger partial charge in [0.05, 0.1) is 18.2 Å². The first-order chi connectivity index (χ1) is 16.7. The van der Waals surface area contributed by atoms with Crippen molar-refractivity contribution in [2.75, 3.05) is 13.7 Å². The van der Waals surface area contributed by atoms with Gasteiger partial charge in [-0.05, 0) is 30.9 Å². The number of hydrogen-bond donors (Lipinski definition) is 1. The summed E-state index contributed by atoms with van der Waals surface area (Å²) >= 11 is 0. The number of rotatable bonds is 8. The summed E-state index contributed by atoms with van der Waals surface area (Å²) in [6.45, 7) is 1.36. The zero-order valence-corrected chi connectivity index (χ0v) is 19.5. The first-order valence-electron chi connectivity index (χ1n) is 11.3. The summed E-state index contributed by atoms with van der Waals surface area (Å²) in [4.78, 5) is 25.2. The Morgan fingerprint density at radius 3 is 2.31 bits per heavy atom. The van der Waals surface area contributed by atoms with Crippen LogP contribution in [0.5, 0.6) is 0 Å². The summed E-state index contributed by atoms with van der Waals surface area (Å²) in [5.41, 5.74) is 1.40. The van der Waals surface area contributed by atoms with Gasteiger partial charge in [-0.15, -0.1) is 0 Å². The molecule has 0 bridgehead atoms. The van der Waals surface area contributed by atoms with Crippen molar-refractivity contribution >= 4 is 12.0 Å². The fraction of sp³-hybridized carbons (Fsp3) is 0.440. The lowest BCUT2D eigenvalue weighted by molar-refractivity contribution is -0.208. The van der Waals surface area contributed by atoms with Crippen molar-refractivity contribution < 1.29 is 37.0 Å². The molecule has 2 aromatic carbocycles. The van der Waals surface area contributed by atoms with E-state index < -0.39 is 42.7 Å². The predicted octanol–water partition coefficient (Wildman–Crippen LogP) is 4.59. The third-order valence-corrected chi connectivity index (χ3v) is 5.86. The number of hydrogen-bond acceptors (Lipinski definition) is 5. The van der Waals surface area contributed by atoms with Crippen LogP contribution in [0, 0.1) is 0 Å². The van der Waals surface area contributed by atoms with Crippen LogP contribution in [-0.4, -0.2) is 55.2 Å².